The van der Waals surface area contributed by atoms with E-state index in [-0.39, 0.29) is 5.63 Å². The molecule has 2 aromatic rings. The average Bonchev–Trinajstić information content (AvgIpc) is 2.58. The minimum atomic E-state index is -0.383. The summed E-state index contributed by atoms with van der Waals surface area (Å²) in [4.78, 5) is 10.7. The molecule has 0 aliphatic rings. The molecule has 2 rings (SSSR count). The SMILES string of the molecule is Cn1nccc1-c1cc(=O)o[nH]1. The Hall–Kier alpha value is -1.78. The van der Waals surface area contributed by atoms with Gasteiger partial charge in [0, 0.05) is 13.2 Å². The third-order valence-electron chi connectivity index (χ3n) is 1.62. The van der Waals surface area contributed by atoms with E-state index in [0.29, 0.717) is 5.69 Å². The molecule has 5 nitrogen and oxygen atoms in total. The number of nitrogens with zero attached hydrogens (tertiary/aromatic N) is 2. The molecule has 0 unspecified atom stereocenters. The number of aryl methyl sites for hydroxylation is 1. The lowest BCUT2D eigenvalue weighted by Crippen LogP contribution is -1.93. The number of H-pyrrole nitrogens is 1. The van der Waals surface area contributed by atoms with Crippen molar-refractivity contribution < 1.29 is 4.52 Å². The van der Waals surface area contributed by atoms with Crippen molar-refractivity contribution in [3.8, 4) is 11.4 Å². The molecule has 0 bridgehead atoms. The van der Waals surface area contributed by atoms with E-state index in [0.717, 1.165) is 5.69 Å². The molecule has 0 spiro atoms. The van der Waals surface area contributed by atoms with Crippen LogP contribution in [0.15, 0.2) is 27.6 Å². The second kappa shape index (κ2) is 2.37. The Labute approximate surface area is 67.6 Å². The Kier molecular flexibility index (Phi) is 1.36. The van der Waals surface area contributed by atoms with Crippen molar-refractivity contribution in [2.24, 2.45) is 7.05 Å². The number of nitrogens with one attached hydrogen (secondary N) is 1. The lowest BCUT2D eigenvalue weighted by molar-refractivity contribution is 0.393. The van der Waals surface area contributed by atoms with Crippen LogP contribution in [-0.2, 0) is 7.05 Å². The summed E-state index contributed by atoms with van der Waals surface area (Å²) in [6.45, 7) is 0. The maximum Gasteiger partial charge on any atom is 0.357 e. The van der Waals surface area contributed by atoms with Crippen LogP contribution in [0.2, 0.25) is 0 Å². The van der Waals surface area contributed by atoms with E-state index in [1.807, 2.05) is 0 Å². The summed E-state index contributed by atoms with van der Waals surface area (Å²) in [7, 11) is 1.79. The van der Waals surface area contributed by atoms with E-state index in [9.17, 15) is 4.79 Å². The Morgan fingerprint density at radius 1 is 1.67 bits per heavy atom. The predicted octanol–water partition coefficient (Wildman–Crippen LogP) is 0.368. The molecule has 0 aromatic carbocycles. The maximum absolute atomic E-state index is 10.7. The van der Waals surface area contributed by atoms with Gasteiger partial charge in [-0.2, -0.15) is 5.10 Å². The Balaban J connectivity index is 2.57. The Bertz CT molecular complexity index is 437. The van der Waals surface area contributed by atoms with Crippen LogP contribution in [0, 0.1) is 0 Å². The highest BCUT2D eigenvalue weighted by molar-refractivity contribution is 5.52. The summed E-state index contributed by atoms with van der Waals surface area (Å²) >= 11 is 0. The first-order valence-corrected chi connectivity index (χ1v) is 3.44. The van der Waals surface area contributed by atoms with Gasteiger partial charge in [-0.15, -0.1) is 0 Å². The zero-order valence-corrected chi connectivity index (χ0v) is 6.44. The number of rotatable bonds is 1. The Morgan fingerprint density at radius 3 is 3.00 bits per heavy atom. The molecule has 62 valence electrons. The number of aromatic nitrogens is 3. The smallest absolute Gasteiger partial charge is 0.338 e. The molecule has 0 aliphatic carbocycles. The second-order valence-electron chi connectivity index (χ2n) is 2.42. The molecule has 0 atom stereocenters. The highest BCUT2D eigenvalue weighted by Gasteiger charge is 2.04. The van der Waals surface area contributed by atoms with Crippen molar-refractivity contribution in [1.29, 1.82) is 0 Å². The third kappa shape index (κ3) is 0.952. The van der Waals surface area contributed by atoms with Crippen molar-refractivity contribution >= 4 is 0 Å². The van der Waals surface area contributed by atoms with E-state index in [4.69, 9.17) is 0 Å². The summed E-state index contributed by atoms with van der Waals surface area (Å²) in [5.74, 6) is 0. The van der Waals surface area contributed by atoms with E-state index in [2.05, 4.69) is 14.8 Å². The van der Waals surface area contributed by atoms with Crippen LogP contribution < -0.4 is 5.63 Å². The first kappa shape index (κ1) is 6.90. The van der Waals surface area contributed by atoms with Crippen LogP contribution in [0.3, 0.4) is 0 Å². The molecule has 2 aromatic heterocycles. The quantitative estimate of drug-likeness (QED) is 0.663. The van der Waals surface area contributed by atoms with E-state index in [1.165, 1.54) is 6.07 Å². The minimum Gasteiger partial charge on any atom is -0.338 e. The summed E-state index contributed by atoms with van der Waals surface area (Å²) in [6, 6.07) is 3.18. The average molecular weight is 165 g/mol. The van der Waals surface area contributed by atoms with E-state index >= 15 is 0 Å². The second-order valence-corrected chi connectivity index (χ2v) is 2.42. The molecule has 1 N–H and O–H groups in total. The van der Waals surface area contributed by atoms with Gasteiger partial charge in [0.15, 0.2) is 0 Å². The van der Waals surface area contributed by atoms with Crippen LogP contribution >= 0.6 is 0 Å². The molecule has 2 heterocycles. The fourth-order valence-corrected chi connectivity index (χ4v) is 1.05. The van der Waals surface area contributed by atoms with Gasteiger partial charge in [0.25, 0.3) is 0 Å². The molecular formula is C7H7N3O2. The molecule has 0 aliphatic heterocycles. The molecule has 0 fully saturated rings. The molecule has 0 saturated carbocycles. The maximum atomic E-state index is 10.7. The lowest BCUT2D eigenvalue weighted by Gasteiger charge is -1.94. The van der Waals surface area contributed by atoms with Crippen LogP contribution in [0.1, 0.15) is 0 Å². The van der Waals surface area contributed by atoms with E-state index < -0.39 is 0 Å². The van der Waals surface area contributed by atoms with Gasteiger partial charge in [-0.1, -0.05) is 0 Å². The number of aromatic amines is 1. The van der Waals surface area contributed by atoms with Crippen LogP contribution in [0.5, 0.6) is 0 Å². The summed E-state index contributed by atoms with van der Waals surface area (Å²) < 4.78 is 6.18. The fourth-order valence-electron chi connectivity index (χ4n) is 1.05. The highest BCUT2D eigenvalue weighted by Crippen LogP contribution is 2.12. The monoisotopic (exact) mass is 165 g/mol. The highest BCUT2D eigenvalue weighted by atomic mass is 16.5. The standard InChI is InChI=1S/C7H7N3O2/c1-10-6(2-3-8-10)5-4-7(11)12-9-5/h2-4,9H,1H3. The van der Waals surface area contributed by atoms with Gasteiger partial charge in [-0.05, 0) is 6.07 Å². The fraction of sp³-hybridized carbons (Fsp3) is 0.143. The van der Waals surface area contributed by atoms with Gasteiger partial charge >= 0.3 is 5.63 Å². The van der Waals surface area contributed by atoms with Crippen molar-refractivity contribution in [3.05, 3.63) is 28.7 Å². The molecular weight excluding hydrogens is 158 g/mol. The molecule has 5 heteroatoms. The van der Waals surface area contributed by atoms with Gasteiger partial charge in [-0.3, -0.25) is 4.68 Å². The zero-order chi connectivity index (χ0) is 8.55. The Morgan fingerprint density at radius 2 is 2.50 bits per heavy atom. The van der Waals surface area contributed by atoms with Crippen molar-refractivity contribution in [2.75, 3.05) is 0 Å². The number of hydrogen-bond acceptors (Lipinski definition) is 3. The summed E-state index contributed by atoms with van der Waals surface area (Å²) in [5, 5.41) is 6.46. The molecule has 0 saturated heterocycles. The van der Waals surface area contributed by atoms with Crippen molar-refractivity contribution in [2.45, 2.75) is 0 Å². The lowest BCUT2D eigenvalue weighted by atomic mass is 10.3. The molecule has 12 heavy (non-hydrogen) atoms. The zero-order valence-electron chi connectivity index (χ0n) is 6.44. The van der Waals surface area contributed by atoms with Crippen LogP contribution in [-0.4, -0.2) is 14.9 Å². The largest absolute Gasteiger partial charge is 0.357 e. The van der Waals surface area contributed by atoms with E-state index in [1.54, 1.807) is 24.0 Å². The van der Waals surface area contributed by atoms with Gasteiger partial charge in [-0.25, -0.2) is 9.95 Å². The molecule has 0 radical (unpaired) electrons. The third-order valence-corrected chi connectivity index (χ3v) is 1.62. The van der Waals surface area contributed by atoms with Crippen molar-refractivity contribution in [3.63, 3.8) is 0 Å². The topological polar surface area (TPSA) is 63.8 Å². The van der Waals surface area contributed by atoms with Gasteiger partial charge in [0.1, 0.15) is 5.69 Å². The minimum absolute atomic E-state index is 0.383. The summed E-state index contributed by atoms with van der Waals surface area (Å²) in [5.41, 5.74) is 1.08. The predicted molar refractivity (Wildman–Crippen MR) is 41.5 cm³/mol. The summed E-state index contributed by atoms with van der Waals surface area (Å²) in [6.07, 6.45) is 1.65. The normalized spacial score (nSPS) is 10.4. The first-order chi connectivity index (χ1) is 5.77. The van der Waals surface area contributed by atoms with Gasteiger partial charge < -0.3 is 4.52 Å². The van der Waals surface area contributed by atoms with Crippen LogP contribution in [0.4, 0.5) is 0 Å². The van der Waals surface area contributed by atoms with Crippen molar-refractivity contribution in [1.82, 2.24) is 14.9 Å². The van der Waals surface area contributed by atoms with Crippen LogP contribution in [0.25, 0.3) is 11.4 Å². The van der Waals surface area contributed by atoms with Gasteiger partial charge in [0.05, 0.1) is 11.8 Å². The number of hydrogen-bond donors (Lipinski definition) is 1. The van der Waals surface area contributed by atoms with Gasteiger partial charge in [0.2, 0.25) is 0 Å². The first-order valence-electron chi connectivity index (χ1n) is 3.44. The molecule has 0 amide bonds.